The van der Waals surface area contributed by atoms with Gasteiger partial charge in [-0.15, -0.1) is 0 Å². The lowest BCUT2D eigenvalue weighted by Crippen LogP contribution is -2.27. The Bertz CT molecular complexity index is 1090. The van der Waals surface area contributed by atoms with Crippen molar-refractivity contribution in [3.05, 3.63) is 69.6 Å². The Hall–Kier alpha value is -3.19. The van der Waals surface area contributed by atoms with Crippen LogP contribution in [0.1, 0.15) is 23.8 Å². The Morgan fingerprint density at radius 2 is 1.79 bits per heavy atom. The zero-order chi connectivity index (χ0) is 20.1. The number of nitrogens with one attached hydrogen (secondary N) is 1. The van der Waals surface area contributed by atoms with E-state index in [0.29, 0.717) is 34.4 Å². The van der Waals surface area contributed by atoms with Crippen LogP contribution in [0.3, 0.4) is 0 Å². The summed E-state index contributed by atoms with van der Waals surface area (Å²) >= 11 is 5.99. The fourth-order valence-corrected chi connectivity index (χ4v) is 2.88. The molecule has 0 aliphatic heterocycles. The van der Waals surface area contributed by atoms with Gasteiger partial charge in [0, 0.05) is 11.9 Å². The first-order chi connectivity index (χ1) is 13.5. The molecule has 1 heterocycles. The highest BCUT2D eigenvalue weighted by Crippen LogP contribution is 2.20. The molecule has 0 aliphatic rings. The lowest BCUT2D eigenvalue weighted by molar-refractivity contribution is -0.119. The topological polar surface area (TPSA) is 90.3 Å². The summed E-state index contributed by atoms with van der Waals surface area (Å²) in [6, 6.07) is 13.4. The number of anilines is 1. The highest BCUT2D eigenvalue weighted by atomic mass is 35.5. The molecule has 0 spiro atoms. The van der Waals surface area contributed by atoms with Gasteiger partial charge in [-0.1, -0.05) is 48.9 Å². The number of fused-ring (bicyclic) bond motifs is 1. The van der Waals surface area contributed by atoms with Gasteiger partial charge in [0.1, 0.15) is 0 Å². The van der Waals surface area contributed by atoms with Crippen LogP contribution >= 0.6 is 11.6 Å². The van der Waals surface area contributed by atoms with Crippen LogP contribution < -0.4 is 10.9 Å². The van der Waals surface area contributed by atoms with E-state index in [0.717, 1.165) is 0 Å². The number of hydrogen-bond acceptors (Lipinski definition) is 5. The van der Waals surface area contributed by atoms with Crippen LogP contribution in [0.5, 0.6) is 0 Å². The van der Waals surface area contributed by atoms with Crippen molar-refractivity contribution in [2.75, 3.05) is 11.9 Å². The standard InChI is InChI=1S/C20H18ClN3O4/c1-2-11-24-19(26)14-8-4-3-7-13(14)18(23-24)20(27)28-12-17(25)22-16-10-6-5-9-15(16)21/h3-10H,2,11-12H2,1H3,(H,22,25). The first-order valence-corrected chi connectivity index (χ1v) is 9.10. The highest BCUT2D eigenvalue weighted by Gasteiger charge is 2.19. The van der Waals surface area contributed by atoms with Gasteiger partial charge in [-0.25, -0.2) is 9.48 Å². The number of halogens is 1. The SMILES string of the molecule is CCCn1nc(C(=O)OCC(=O)Nc2ccccc2Cl)c2ccccc2c1=O. The normalized spacial score (nSPS) is 10.6. The molecule has 0 aliphatic carbocycles. The van der Waals surface area contributed by atoms with Crippen molar-refractivity contribution in [3.63, 3.8) is 0 Å². The molecule has 1 N–H and O–H groups in total. The summed E-state index contributed by atoms with van der Waals surface area (Å²) in [7, 11) is 0. The van der Waals surface area contributed by atoms with E-state index in [1.54, 1.807) is 48.5 Å². The maximum Gasteiger partial charge on any atom is 0.359 e. The number of hydrogen-bond donors (Lipinski definition) is 1. The first-order valence-electron chi connectivity index (χ1n) is 8.72. The molecular formula is C20H18ClN3O4. The molecule has 8 heteroatoms. The number of carbonyl (C=O) groups is 2. The number of amides is 1. The summed E-state index contributed by atoms with van der Waals surface area (Å²) in [6.45, 7) is 1.77. The van der Waals surface area contributed by atoms with Gasteiger partial charge in [-0.3, -0.25) is 9.59 Å². The van der Waals surface area contributed by atoms with Crippen LogP contribution in [0, 0.1) is 0 Å². The molecule has 0 bridgehead atoms. The average molecular weight is 400 g/mol. The molecule has 2 aromatic carbocycles. The molecule has 3 aromatic rings. The highest BCUT2D eigenvalue weighted by molar-refractivity contribution is 6.33. The summed E-state index contributed by atoms with van der Waals surface area (Å²) < 4.78 is 6.35. The van der Waals surface area contributed by atoms with Gasteiger partial charge in [-0.2, -0.15) is 5.10 Å². The smallest absolute Gasteiger partial charge is 0.359 e. The number of carbonyl (C=O) groups excluding carboxylic acids is 2. The Balaban J connectivity index is 1.80. The monoisotopic (exact) mass is 399 g/mol. The summed E-state index contributed by atoms with van der Waals surface area (Å²) in [5.74, 6) is -1.32. The van der Waals surface area contributed by atoms with Crippen molar-refractivity contribution in [3.8, 4) is 0 Å². The van der Waals surface area contributed by atoms with Crippen molar-refractivity contribution < 1.29 is 14.3 Å². The zero-order valence-corrected chi connectivity index (χ0v) is 15.9. The molecule has 144 valence electrons. The number of ether oxygens (including phenoxy) is 1. The molecule has 0 fully saturated rings. The summed E-state index contributed by atoms with van der Waals surface area (Å²) in [4.78, 5) is 37.1. The van der Waals surface area contributed by atoms with Crippen molar-refractivity contribution in [1.82, 2.24) is 9.78 Å². The number of nitrogens with zero attached hydrogens (tertiary/aromatic N) is 2. The fraction of sp³-hybridized carbons (Fsp3) is 0.200. The number of esters is 1. The predicted molar refractivity (Wildman–Crippen MR) is 107 cm³/mol. The van der Waals surface area contributed by atoms with Crippen LogP contribution in [-0.4, -0.2) is 28.3 Å². The molecule has 7 nitrogen and oxygen atoms in total. The molecule has 0 unspecified atom stereocenters. The van der Waals surface area contributed by atoms with Gasteiger partial charge in [0.25, 0.3) is 11.5 Å². The molecule has 1 aromatic heterocycles. The third kappa shape index (κ3) is 4.20. The van der Waals surface area contributed by atoms with Crippen LogP contribution in [0.15, 0.2) is 53.3 Å². The third-order valence-electron chi connectivity index (χ3n) is 3.98. The second kappa shape index (κ2) is 8.67. The van der Waals surface area contributed by atoms with Gasteiger partial charge in [0.05, 0.1) is 16.1 Å². The van der Waals surface area contributed by atoms with Crippen molar-refractivity contribution >= 4 is 39.9 Å². The molecule has 0 saturated heterocycles. The fourth-order valence-electron chi connectivity index (χ4n) is 2.70. The van der Waals surface area contributed by atoms with E-state index >= 15 is 0 Å². The number of rotatable bonds is 6. The van der Waals surface area contributed by atoms with Gasteiger partial charge in [-0.05, 0) is 24.6 Å². The zero-order valence-electron chi connectivity index (χ0n) is 15.1. The van der Waals surface area contributed by atoms with Gasteiger partial charge in [0.15, 0.2) is 12.3 Å². The molecule has 0 saturated carbocycles. The van der Waals surface area contributed by atoms with Crippen LogP contribution in [0.2, 0.25) is 5.02 Å². The minimum atomic E-state index is -0.782. The van der Waals surface area contributed by atoms with Crippen LogP contribution in [0.4, 0.5) is 5.69 Å². The Morgan fingerprint density at radius 1 is 1.11 bits per heavy atom. The minimum absolute atomic E-state index is 0.00538. The molecule has 1 amide bonds. The molecule has 3 rings (SSSR count). The average Bonchev–Trinajstić information content (AvgIpc) is 2.70. The predicted octanol–water partition coefficient (Wildman–Crippen LogP) is 3.26. The van der Waals surface area contributed by atoms with E-state index in [-0.39, 0.29) is 11.3 Å². The second-order valence-corrected chi connectivity index (χ2v) is 6.43. The summed E-state index contributed by atoms with van der Waals surface area (Å²) in [5, 5.41) is 7.85. The second-order valence-electron chi connectivity index (χ2n) is 6.03. The number of para-hydroxylation sites is 1. The maximum atomic E-state index is 12.5. The minimum Gasteiger partial charge on any atom is -0.451 e. The van der Waals surface area contributed by atoms with E-state index in [9.17, 15) is 14.4 Å². The number of aromatic nitrogens is 2. The Labute approximate surface area is 165 Å². The molecule has 28 heavy (non-hydrogen) atoms. The lowest BCUT2D eigenvalue weighted by Gasteiger charge is -2.11. The van der Waals surface area contributed by atoms with E-state index in [2.05, 4.69) is 10.4 Å². The van der Waals surface area contributed by atoms with E-state index in [1.165, 1.54) is 4.68 Å². The molecular weight excluding hydrogens is 382 g/mol. The third-order valence-corrected chi connectivity index (χ3v) is 4.31. The van der Waals surface area contributed by atoms with E-state index < -0.39 is 18.5 Å². The van der Waals surface area contributed by atoms with Crippen LogP contribution in [0.25, 0.3) is 10.8 Å². The van der Waals surface area contributed by atoms with Crippen LogP contribution in [-0.2, 0) is 16.1 Å². The lowest BCUT2D eigenvalue weighted by atomic mass is 10.1. The summed E-state index contributed by atoms with van der Waals surface area (Å²) in [6.07, 6.45) is 0.681. The number of benzene rings is 2. The largest absolute Gasteiger partial charge is 0.451 e. The first kappa shape index (κ1) is 19.6. The van der Waals surface area contributed by atoms with Gasteiger partial charge in [0.2, 0.25) is 0 Å². The summed E-state index contributed by atoms with van der Waals surface area (Å²) in [5.41, 5.74) is 0.143. The molecule has 0 radical (unpaired) electrons. The van der Waals surface area contributed by atoms with Gasteiger partial charge >= 0.3 is 5.97 Å². The van der Waals surface area contributed by atoms with E-state index in [4.69, 9.17) is 16.3 Å². The van der Waals surface area contributed by atoms with Crippen molar-refractivity contribution in [1.29, 1.82) is 0 Å². The van der Waals surface area contributed by atoms with Crippen molar-refractivity contribution in [2.45, 2.75) is 19.9 Å². The molecule has 0 atom stereocenters. The van der Waals surface area contributed by atoms with Crippen molar-refractivity contribution in [2.24, 2.45) is 0 Å². The van der Waals surface area contributed by atoms with E-state index in [1.807, 2.05) is 6.92 Å². The number of aryl methyl sites for hydroxylation is 1. The Morgan fingerprint density at radius 3 is 2.50 bits per heavy atom. The maximum absolute atomic E-state index is 12.5. The Kier molecular flexibility index (Phi) is 6.06. The van der Waals surface area contributed by atoms with Gasteiger partial charge < -0.3 is 10.1 Å². The quantitative estimate of drug-likeness (QED) is 0.642.